The van der Waals surface area contributed by atoms with E-state index in [1.807, 2.05) is 0 Å². The number of nitrogens with one attached hydrogen (secondary N) is 1. The Morgan fingerprint density at radius 3 is 2.75 bits per heavy atom. The van der Waals surface area contributed by atoms with E-state index in [9.17, 15) is 4.79 Å². The van der Waals surface area contributed by atoms with E-state index in [2.05, 4.69) is 5.32 Å². The molecule has 1 atom stereocenters. The van der Waals surface area contributed by atoms with Crippen molar-refractivity contribution in [2.45, 2.75) is 13.0 Å². The van der Waals surface area contributed by atoms with E-state index in [1.165, 1.54) is 0 Å². The first-order chi connectivity index (χ1) is 6.90. The number of carbonyl (C=O) groups excluding carboxylic acids is 1. The molecular weight excluding hydrogens is 151 g/mol. The zero-order valence-corrected chi connectivity index (χ0v) is 6.87. The minimum atomic E-state index is -2.29. The van der Waals surface area contributed by atoms with Crippen LogP contribution in [0, 0.1) is 0 Å². The lowest BCUT2D eigenvalue weighted by atomic mass is 10.1. The maximum atomic E-state index is 11.7. The largest absolute Gasteiger partial charge is 0.310 e. The summed E-state index contributed by atoms with van der Waals surface area (Å²) in [7, 11) is 0. The molecule has 0 saturated carbocycles. The first-order valence-electron chi connectivity index (χ1n) is 5.27. The summed E-state index contributed by atoms with van der Waals surface area (Å²) in [6.07, 6.45) is 0. The number of rotatable bonds is 3. The smallest absolute Gasteiger partial charge is 0.179 e. The molecule has 0 aliphatic heterocycles. The summed E-state index contributed by atoms with van der Waals surface area (Å²) in [5.41, 5.74) is 0.516. The van der Waals surface area contributed by atoms with Crippen molar-refractivity contribution in [1.29, 1.82) is 0 Å². The van der Waals surface area contributed by atoms with E-state index in [0.29, 0.717) is 5.56 Å². The second kappa shape index (κ2) is 4.02. The van der Waals surface area contributed by atoms with Crippen LogP contribution in [-0.4, -0.2) is 18.8 Å². The average molecular weight is 167 g/mol. The molecule has 1 aromatic rings. The molecule has 0 bridgehead atoms. The van der Waals surface area contributed by atoms with Gasteiger partial charge < -0.3 is 5.32 Å². The Morgan fingerprint density at radius 1 is 1.50 bits per heavy atom. The molecule has 2 heteroatoms. The van der Waals surface area contributed by atoms with Crippen molar-refractivity contribution in [2.75, 3.05) is 6.98 Å². The van der Waals surface area contributed by atoms with Gasteiger partial charge in [-0.3, -0.25) is 4.79 Å². The Morgan fingerprint density at radius 2 is 2.17 bits per heavy atom. The van der Waals surface area contributed by atoms with Crippen LogP contribution in [-0.2, 0) is 0 Å². The Bertz CT molecular complexity index is 334. The fourth-order valence-electron chi connectivity index (χ4n) is 0.918. The van der Waals surface area contributed by atoms with Gasteiger partial charge in [-0.2, -0.15) is 0 Å². The average Bonchev–Trinajstić information content (AvgIpc) is 2.15. The zero-order chi connectivity index (χ0) is 11.5. The predicted molar refractivity (Wildman–Crippen MR) is 49.3 cm³/mol. The van der Waals surface area contributed by atoms with E-state index >= 15 is 0 Å². The van der Waals surface area contributed by atoms with Crippen LogP contribution in [0.25, 0.3) is 0 Å². The summed E-state index contributed by atoms with van der Waals surface area (Å²) in [6, 6.07) is 7.92. The highest BCUT2D eigenvalue weighted by atomic mass is 16.1. The summed E-state index contributed by atoms with van der Waals surface area (Å²) in [5, 5.41) is 2.27. The molecule has 12 heavy (non-hydrogen) atoms. The second-order valence-electron chi connectivity index (χ2n) is 2.60. The monoisotopic (exact) mass is 167 g/mol. The number of carbonyl (C=O) groups is 1. The van der Waals surface area contributed by atoms with Gasteiger partial charge >= 0.3 is 0 Å². The molecule has 0 spiro atoms. The number of benzene rings is 1. The SMILES string of the molecule is [2H][13C]([2H])([2H])NC(C)C(=O)c1ccccc1. The number of hydrogen-bond acceptors (Lipinski definition) is 2. The minimum Gasteiger partial charge on any atom is -0.310 e. The van der Waals surface area contributed by atoms with Crippen molar-refractivity contribution in [3.63, 3.8) is 0 Å². The summed E-state index contributed by atoms with van der Waals surface area (Å²) in [6.45, 7) is -0.744. The van der Waals surface area contributed by atoms with Gasteiger partial charge in [-0.05, 0) is 13.9 Å². The van der Waals surface area contributed by atoms with Crippen LogP contribution in [0.5, 0.6) is 0 Å². The molecule has 1 aromatic carbocycles. The molecule has 0 heterocycles. The minimum absolute atomic E-state index is 0.216. The molecule has 1 N–H and O–H groups in total. The van der Waals surface area contributed by atoms with Gasteiger partial charge in [-0.1, -0.05) is 30.3 Å². The van der Waals surface area contributed by atoms with Gasteiger partial charge in [0, 0.05) is 9.68 Å². The van der Waals surface area contributed by atoms with E-state index in [1.54, 1.807) is 37.3 Å². The molecule has 0 amide bonds. The van der Waals surface area contributed by atoms with Gasteiger partial charge in [-0.25, -0.2) is 0 Å². The van der Waals surface area contributed by atoms with Crippen molar-refractivity contribution in [1.82, 2.24) is 5.32 Å². The molecule has 2 nitrogen and oxygen atoms in total. The lowest BCUT2D eigenvalue weighted by Gasteiger charge is -2.07. The lowest BCUT2D eigenvalue weighted by Crippen LogP contribution is -2.30. The molecule has 1 rings (SSSR count). The fourth-order valence-corrected chi connectivity index (χ4v) is 0.918. The Balaban J connectivity index is 2.70. The number of hydrogen-bond donors (Lipinski definition) is 1. The summed E-state index contributed by atoms with van der Waals surface area (Å²) >= 11 is 0. The molecule has 1 unspecified atom stereocenters. The topological polar surface area (TPSA) is 29.1 Å². The van der Waals surface area contributed by atoms with Gasteiger partial charge in [0.05, 0.1) is 6.04 Å². The third-order valence-electron chi connectivity index (χ3n) is 1.67. The van der Waals surface area contributed by atoms with Crippen molar-refractivity contribution in [3.05, 3.63) is 35.9 Å². The summed E-state index contributed by atoms with van der Waals surface area (Å²) in [5.74, 6) is -0.216. The molecule has 64 valence electrons. The maximum absolute atomic E-state index is 11.7. The summed E-state index contributed by atoms with van der Waals surface area (Å²) < 4.78 is 21.0. The van der Waals surface area contributed by atoms with E-state index in [-0.39, 0.29) is 5.78 Å². The predicted octanol–water partition coefficient (Wildman–Crippen LogP) is 1.48. The third-order valence-corrected chi connectivity index (χ3v) is 1.67. The molecule has 0 fully saturated rings. The molecular formula is C10H13NO. The van der Waals surface area contributed by atoms with Crippen molar-refractivity contribution in [2.24, 2.45) is 0 Å². The second-order valence-corrected chi connectivity index (χ2v) is 2.60. The molecule has 0 aromatic heterocycles. The fraction of sp³-hybridized carbons (Fsp3) is 0.300. The number of ketones is 1. The van der Waals surface area contributed by atoms with Crippen LogP contribution in [0.4, 0.5) is 0 Å². The van der Waals surface area contributed by atoms with Crippen LogP contribution >= 0.6 is 0 Å². The van der Waals surface area contributed by atoms with Gasteiger partial charge in [-0.15, -0.1) is 0 Å². The van der Waals surface area contributed by atoms with Crippen LogP contribution in [0.2, 0.25) is 0 Å². The van der Waals surface area contributed by atoms with Crippen LogP contribution in [0.15, 0.2) is 30.3 Å². The van der Waals surface area contributed by atoms with E-state index < -0.39 is 13.0 Å². The molecule has 0 radical (unpaired) electrons. The van der Waals surface area contributed by atoms with Gasteiger partial charge in [0.1, 0.15) is 0 Å². The molecule has 0 aliphatic rings. The highest BCUT2D eigenvalue weighted by molar-refractivity contribution is 5.99. The van der Waals surface area contributed by atoms with E-state index in [4.69, 9.17) is 4.11 Å². The molecule has 0 aliphatic carbocycles. The Kier molecular flexibility index (Phi) is 1.84. The highest BCUT2D eigenvalue weighted by Crippen LogP contribution is 2.02. The Labute approximate surface area is 76.8 Å². The summed E-state index contributed by atoms with van der Waals surface area (Å²) in [4.78, 5) is 11.7. The van der Waals surface area contributed by atoms with Crippen LogP contribution in [0.1, 0.15) is 21.4 Å². The van der Waals surface area contributed by atoms with Gasteiger partial charge in [0.15, 0.2) is 5.78 Å². The highest BCUT2D eigenvalue weighted by Gasteiger charge is 2.11. The molecule has 0 saturated heterocycles. The quantitative estimate of drug-likeness (QED) is 0.545. The van der Waals surface area contributed by atoms with Gasteiger partial charge in [0.2, 0.25) is 0 Å². The number of likely N-dealkylation sites (N-methyl/N-ethyl adjacent to an activating group) is 1. The van der Waals surface area contributed by atoms with E-state index in [0.717, 1.165) is 0 Å². The first kappa shape index (κ1) is 5.49. The maximum Gasteiger partial charge on any atom is 0.179 e. The van der Waals surface area contributed by atoms with Crippen LogP contribution in [0.3, 0.4) is 0 Å². The normalized spacial score (nSPS) is 17.2. The Hall–Kier alpha value is -1.15. The zero-order valence-electron chi connectivity index (χ0n) is 9.87. The standard InChI is InChI=1S/C10H13NO/c1-8(11-2)10(12)9-6-4-3-5-7-9/h3-8,11H,1-2H3/i2+1D3. The van der Waals surface area contributed by atoms with Crippen molar-refractivity contribution >= 4 is 5.78 Å². The lowest BCUT2D eigenvalue weighted by molar-refractivity contribution is 0.0955. The van der Waals surface area contributed by atoms with Crippen molar-refractivity contribution < 1.29 is 8.91 Å². The van der Waals surface area contributed by atoms with Crippen LogP contribution < -0.4 is 5.32 Å². The van der Waals surface area contributed by atoms with Gasteiger partial charge in [0.25, 0.3) is 0 Å². The number of Topliss-reactive ketones (excluding diaryl/α,β-unsaturated/α-hetero) is 1. The third kappa shape index (κ3) is 1.92. The first-order valence-corrected chi connectivity index (χ1v) is 3.77. The van der Waals surface area contributed by atoms with Crippen molar-refractivity contribution in [3.8, 4) is 0 Å².